The molecule has 0 spiro atoms. The molecule has 24 nitrogen and oxygen atoms in total. The summed E-state index contributed by atoms with van der Waals surface area (Å²) in [5, 5.41) is 110. The molecule has 2 saturated heterocycles. The monoisotopic (exact) mass is 1470 g/mol. The Balaban J connectivity index is 1.72. The molecule has 2 heterocycles. The minimum Gasteiger partial charge on any atom is -0.463 e. The zero-order valence-corrected chi connectivity index (χ0v) is 63.3. The number of aliphatic hydroxyl groups is 10. The fraction of sp³-hybridized carbons (Fsp3) is 0.934. The van der Waals surface area contributed by atoms with Crippen LogP contribution in [-0.2, 0) is 61.2 Å². The number of hydrogen-bond acceptors (Lipinski definition) is 23. The lowest BCUT2D eigenvalue weighted by atomic mass is 9.84. The molecule has 3 rings (SSSR count). The van der Waals surface area contributed by atoms with Crippen LogP contribution in [-0.4, -0.2) is 204 Å². The molecule has 1 aliphatic carbocycles. The third-order valence-electron chi connectivity index (χ3n) is 19.9. The fourth-order valence-corrected chi connectivity index (χ4v) is 14.3. The largest absolute Gasteiger partial charge is 0.472 e. The van der Waals surface area contributed by atoms with Gasteiger partial charge < -0.3 is 89.1 Å². The van der Waals surface area contributed by atoms with Crippen molar-refractivity contribution in [3.8, 4) is 0 Å². The fourth-order valence-electron chi connectivity index (χ4n) is 13.4. The molecule has 0 aromatic carbocycles. The molecule has 3 fully saturated rings. The van der Waals surface area contributed by atoms with Crippen molar-refractivity contribution in [2.45, 2.75) is 421 Å². The van der Waals surface area contributed by atoms with Gasteiger partial charge in [-0.1, -0.05) is 265 Å². The van der Waals surface area contributed by atoms with E-state index in [-0.39, 0.29) is 19.3 Å². The van der Waals surface area contributed by atoms with Crippen LogP contribution in [0.3, 0.4) is 0 Å². The van der Waals surface area contributed by atoms with Crippen molar-refractivity contribution in [1.29, 1.82) is 0 Å². The highest BCUT2D eigenvalue weighted by molar-refractivity contribution is 7.47. The van der Waals surface area contributed by atoms with Gasteiger partial charge in [-0.05, 0) is 50.9 Å². The molecule has 11 N–H and O–H groups in total. The Hall–Kier alpha value is -2.30. The number of aliphatic hydroxyl groups excluding tert-OH is 10. The van der Waals surface area contributed by atoms with Crippen molar-refractivity contribution in [2.75, 3.05) is 26.4 Å². The van der Waals surface area contributed by atoms with Gasteiger partial charge in [0.15, 0.2) is 18.7 Å². The van der Waals surface area contributed by atoms with Crippen LogP contribution in [0.4, 0.5) is 0 Å². The first-order valence-corrected chi connectivity index (χ1v) is 41.4. The summed E-state index contributed by atoms with van der Waals surface area (Å²) in [7, 11) is -5.70. The molecule has 0 amide bonds. The molecule has 0 bridgehead atoms. The average molecular weight is 1470 g/mol. The molecule has 19 atom stereocenters. The highest BCUT2D eigenvalue weighted by atomic mass is 31.2. The van der Waals surface area contributed by atoms with Gasteiger partial charge in [0.1, 0.15) is 98.7 Å². The van der Waals surface area contributed by atoms with E-state index in [1.165, 1.54) is 135 Å². The van der Waals surface area contributed by atoms with Gasteiger partial charge in [0.2, 0.25) is 0 Å². The highest BCUT2D eigenvalue weighted by Gasteiger charge is 2.58. The van der Waals surface area contributed by atoms with E-state index < -0.39 is 156 Å². The summed E-state index contributed by atoms with van der Waals surface area (Å²) in [5.41, 5.74) is 0. The minimum atomic E-state index is -5.70. The van der Waals surface area contributed by atoms with E-state index in [9.17, 15) is 74.9 Å². The van der Waals surface area contributed by atoms with Crippen molar-refractivity contribution in [1.82, 2.24) is 0 Å². The van der Waals surface area contributed by atoms with E-state index in [0.29, 0.717) is 25.2 Å². The van der Waals surface area contributed by atoms with Crippen LogP contribution in [0.15, 0.2) is 12.2 Å². The number of phosphoric ester groups is 1. The average Bonchev–Trinajstić information content (AvgIpc) is 0.762. The lowest BCUT2D eigenvalue weighted by Crippen LogP contribution is -2.69. The smallest absolute Gasteiger partial charge is 0.463 e. The van der Waals surface area contributed by atoms with E-state index in [1.807, 2.05) is 0 Å². The van der Waals surface area contributed by atoms with E-state index in [1.54, 1.807) is 0 Å². The summed E-state index contributed by atoms with van der Waals surface area (Å²) in [6.07, 6.45) is 15.4. The molecular weight excluding hydrogens is 1330 g/mol. The molecule has 3 aliphatic rings. The van der Waals surface area contributed by atoms with Gasteiger partial charge in [-0.25, -0.2) is 4.57 Å². The summed E-state index contributed by atoms with van der Waals surface area (Å²) in [6, 6.07) is 0. The van der Waals surface area contributed by atoms with Crippen molar-refractivity contribution in [2.24, 2.45) is 5.92 Å². The molecule has 0 radical (unpaired) electrons. The van der Waals surface area contributed by atoms with Crippen LogP contribution in [0.1, 0.15) is 317 Å². The van der Waals surface area contributed by atoms with E-state index in [0.717, 1.165) is 116 Å². The van der Waals surface area contributed by atoms with Gasteiger partial charge in [0.05, 0.1) is 13.2 Å². The van der Waals surface area contributed by atoms with Gasteiger partial charge in [0, 0.05) is 19.3 Å². The zero-order valence-electron chi connectivity index (χ0n) is 62.4. The van der Waals surface area contributed by atoms with Crippen molar-refractivity contribution in [3.63, 3.8) is 0 Å². The minimum absolute atomic E-state index is 0.0323. The number of carbonyl (C=O) groups is 3. The van der Waals surface area contributed by atoms with Gasteiger partial charge in [-0.3, -0.25) is 23.4 Å². The third-order valence-corrected chi connectivity index (χ3v) is 20.9. The first-order valence-electron chi connectivity index (χ1n) is 39.9. The molecule has 0 aromatic rings. The second kappa shape index (κ2) is 56.9. The van der Waals surface area contributed by atoms with Gasteiger partial charge in [0.25, 0.3) is 0 Å². The summed E-state index contributed by atoms with van der Waals surface area (Å²) < 4.78 is 65.2. The second-order valence-corrected chi connectivity index (χ2v) is 30.5. The molecule has 594 valence electrons. The van der Waals surface area contributed by atoms with Crippen molar-refractivity contribution >= 4 is 25.7 Å². The Labute approximate surface area is 605 Å². The zero-order chi connectivity index (χ0) is 74.1. The van der Waals surface area contributed by atoms with Crippen LogP contribution < -0.4 is 0 Å². The standard InChI is InChI=1S/C76H141O24P/c1-5-8-11-14-17-19-21-23-25-27-29-31-33-39-45-50-61(79)93-55-59-64(82)66(84)71(89)76(97-59)99-73-69(87)67(85)68(86)72(98-75-70(88)65(83)63(81)58(52-77)96-75)74(73)100-101(90,91)94-54-57(95-62(80)51-46-41-34-32-30-28-26-24-22-20-18-15-12-9-6-2)53-92-60(78)49-44-40-36-35-38-43-48-56(4)47-42-37-16-13-10-7-3/h20,22,56-59,63-77,81-89H,5-19,21,23-55H2,1-4H3,(H,90,91)/b22-20-. The van der Waals surface area contributed by atoms with Gasteiger partial charge in [-0.2, -0.15) is 0 Å². The Bertz CT molecular complexity index is 2150. The number of ether oxygens (including phenoxy) is 7. The Morgan fingerprint density at radius 2 is 0.752 bits per heavy atom. The number of phosphoric acid groups is 1. The van der Waals surface area contributed by atoms with Crippen LogP contribution >= 0.6 is 7.82 Å². The summed E-state index contributed by atoms with van der Waals surface area (Å²) in [4.78, 5) is 51.2. The number of unbranched alkanes of at least 4 members (excludes halogenated alkanes) is 35. The van der Waals surface area contributed by atoms with Crippen LogP contribution in [0.25, 0.3) is 0 Å². The molecular formula is C76H141O24P. The second-order valence-electron chi connectivity index (χ2n) is 29.1. The lowest BCUT2D eigenvalue weighted by Gasteiger charge is -2.49. The van der Waals surface area contributed by atoms with Gasteiger partial charge in [-0.15, -0.1) is 0 Å². The maximum atomic E-state index is 14.4. The molecule has 1 saturated carbocycles. The van der Waals surface area contributed by atoms with Crippen molar-refractivity contribution in [3.05, 3.63) is 12.2 Å². The number of carbonyl (C=O) groups excluding carboxylic acids is 3. The van der Waals surface area contributed by atoms with Gasteiger partial charge >= 0.3 is 25.7 Å². The first kappa shape index (κ1) is 92.9. The SMILES string of the molecule is CCCCCC/C=C\CCCCCCCCCC(=O)OC(COC(=O)CCCCCCCCC(C)CCCCCCCC)COP(=O)(O)OC1C(OC2OC(CO)C(O)C(O)C2O)C(O)C(O)C(O)C1OC1OC(COC(=O)CCCCCCCCCCCCCCCCC)C(O)C(O)C1O. The van der Waals surface area contributed by atoms with Crippen LogP contribution in [0.5, 0.6) is 0 Å². The predicted octanol–water partition coefficient (Wildman–Crippen LogP) is 11.8. The van der Waals surface area contributed by atoms with E-state index in [4.69, 9.17) is 42.2 Å². The number of hydrogen-bond donors (Lipinski definition) is 11. The molecule has 25 heteroatoms. The summed E-state index contributed by atoms with van der Waals surface area (Å²) >= 11 is 0. The Kier molecular flexibility index (Phi) is 52.4. The molecule has 0 aromatic heterocycles. The number of esters is 3. The molecule has 2 aliphatic heterocycles. The maximum absolute atomic E-state index is 14.4. The Morgan fingerprint density at radius 1 is 0.406 bits per heavy atom. The first-order chi connectivity index (χ1) is 48.7. The topological polar surface area (TPSA) is 374 Å². The van der Waals surface area contributed by atoms with E-state index in [2.05, 4.69) is 39.8 Å². The molecule has 19 unspecified atom stereocenters. The Morgan fingerprint density at radius 3 is 1.18 bits per heavy atom. The maximum Gasteiger partial charge on any atom is 0.472 e. The third kappa shape index (κ3) is 39.9. The quantitative estimate of drug-likeness (QED) is 0.00886. The van der Waals surface area contributed by atoms with Crippen LogP contribution in [0.2, 0.25) is 0 Å². The highest BCUT2D eigenvalue weighted by Crippen LogP contribution is 2.49. The predicted molar refractivity (Wildman–Crippen MR) is 384 cm³/mol. The van der Waals surface area contributed by atoms with E-state index >= 15 is 0 Å². The lowest BCUT2D eigenvalue weighted by molar-refractivity contribution is -0.360. The number of allylic oxidation sites excluding steroid dienone is 2. The molecule has 101 heavy (non-hydrogen) atoms. The summed E-state index contributed by atoms with van der Waals surface area (Å²) in [5.74, 6) is -1.29. The summed E-state index contributed by atoms with van der Waals surface area (Å²) in [6.45, 7) is 5.79. The van der Waals surface area contributed by atoms with Crippen molar-refractivity contribution < 1.29 is 117 Å². The van der Waals surface area contributed by atoms with Crippen LogP contribution in [0, 0.1) is 5.92 Å². The normalized spacial score (nSPS) is 27.5. The number of rotatable bonds is 62.